The largest absolute Gasteiger partial charge is 0.462 e. The zero-order valence-electron chi connectivity index (χ0n) is 22.0. The van der Waals surface area contributed by atoms with Gasteiger partial charge in [0.05, 0.1) is 18.3 Å². The molecular weight excluding hydrogens is 512 g/mol. The van der Waals surface area contributed by atoms with Gasteiger partial charge < -0.3 is 15.2 Å². The number of anilines is 1. The SMILES string of the molecule is CCOC(=O)c1sc(NC(=O)[C@H]2CCC(O)N2C2CCN(Cc3ccc(Cl)c(C)c3)CC2)nc1C(C)C. The van der Waals surface area contributed by atoms with Crippen molar-refractivity contribution in [2.45, 2.75) is 84.2 Å². The lowest BCUT2D eigenvalue weighted by Crippen LogP contribution is -2.52. The number of carbonyl (C=O) groups is 2. The molecule has 1 aromatic heterocycles. The van der Waals surface area contributed by atoms with E-state index >= 15 is 0 Å². The van der Waals surface area contributed by atoms with Crippen LogP contribution in [0.1, 0.15) is 78.9 Å². The Morgan fingerprint density at radius 2 is 1.97 bits per heavy atom. The van der Waals surface area contributed by atoms with Crippen LogP contribution in [0.5, 0.6) is 0 Å². The Bertz CT molecular complexity index is 1120. The van der Waals surface area contributed by atoms with Crippen molar-refractivity contribution in [2.75, 3.05) is 25.0 Å². The number of likely N-dealkylation sites (tertiary alicyclic amines) is 2. The lowest BCUT2D eigenvalue weighted by Gasteiger charge is -2.40. The number of aliphatic hydroxyl groups excluding tert-OH is 1. The molecule has 3 heterocycles. The maximum Gasteiger partial charge on any atom is 0.350 e. The van der Waals surface area contributed by atoms with Crippen LogP contribution in [0.25, 0.3) is 0 Å². The number of nitrogens with one attached hydrogen (secondary N) is 1. The van der Waals surface area contributed by atoms with Gasteiger partial charge in [0.2, 0.25) is 5.91 Å². The number of rotatable bonds is 8. The number of ether oxygens (including phenoxy) is 1. The number of aromatic nitrogens is 1. The normalized spacial score (nSPS) is 21.5. The molecule has 0 bridgehead atoms. The molecule has 1 amide bonds. The fourth-order valence-corrected chi connectivity index (χ4v) is 6.46. The summed E-state index contributed by atoms with van der Waals surface area (Å²) in [7, 11) is 0. The lowest BCUT2D eigenvalue weighted by molar-refractivity contribution is -0.125. The second-order valence-corrected chi connectivity index (χ2v) is 11.6. The average Bonchev–Trinajstić information content (AvgIpc) is 3.46. The molecule has 0 radical (unpaired) electrons. The van der Waals surface area contributed by atoms with Crippen LogP contribution in [0.4, 0.5) is 5.13 Å². The van der Waals surface area contributed by atoms with Crippen LogP contribution in [0.3, 0.4) is 0 Å². The van der Waals surface area contributed by atoms with Crippen LogP contribution in [-0.2, 0) is 16.1 Å². The minimum atomic E-state index is -0.635. The summed E-state index contributed by atoms with van der Waals surface area (Å²) >= 11 is 7.32. The van der Waals surface area contributed by atoms with Crippen LogP contribution < -0.4 is 5.32 Å². The van der Waals surface area contributed by atoms with E-state index in [0.29, 0.717) is 28.5 Å². The molecular formula is C27H37ClN4O4S. The van der Waals surface area contributed by atoms with Gasteiger partial charge in [0.1, 0.15) is 11.1 Å². The number of nitrogens with zero attached hydrogens (tertiary/aromatic N) is 3. The Labute approximate surface area is 228 Å². The van der Waals surface area contributed by atoms with Crippen LogP contribution in [0.15, 0.2) is 18.2 Å². The molecule has 1 unspecified atom stereocenters. The van der Waals surface area contributed by atoms with Crippen molar-refractivity contribution in [3.63, 3.8) is 0 Å². The lowest BCUT2D eigenvalue weighted by atomic mass is 10.0. The quantitative estimate of drug-likeness (QED) is 0.458. The third-order valence-corrected chi connectivity index (χ3v) is 8.59. The summed E-state index contributed by atoms with van der Waals surface area (Å²) < 4.78 is 5.17. The number of halogens is 1. The van der Waals surface area contributed by atoms with Crippen molar-refractivity contribution in [2.24, 2.45) is 0 Å². The highest BCUT2D eigenvalue weighted by Gasteiger charge is 2.42. The van der Waals surface area contributed by atoms with Gasteiger partial charge in [-0.1, -0.05) is 48.9 Å². The molecule has 202 valence electrons. The number of aryl methyl sites for hydroxylation is 1. The van der Waals surface area contributed by atoms with Gasteiger partial charge in [-0.15, -0.1) is 0 Å². The van der Waals surface area contributed by atoms with Crippen LogP contribution in [-0.4, -0.2) is 69.8 Å². The van der Waals surface area contributed by atoms with Crippen molar-refractivity contribution in [3.8, 4) is 0 Å². The molecule has 2 aliphatic heterocycles. The Balaban J connectivity index is 1.39. The van der Waals surface area contributed by atoms with E-state index < -0.39 is 18.2 Å². The van der Waals surface area contributed by atoms with Crippen LogP contribution in [0.2, 0.25) is 5.02 Å². The number of benzene rings is 1. The molecule has 2 N–H and O–H groups in total. The first-order chi connectivity index (χ1) is 17.7. The predicted octanol–water partition coefficient (Wildman–Crippen LogP) is 4.79. The van der Waals surface area contributed by atoms with Crippen molar-refractivity contribution in [1.82, 2.24) is 14.8 Å². The molecule has 2 aliphatic rings. The smallest absolute Gasteiger partial charge is 0.350 e. The van der Waals surface area contributed by atoms with Crippen molar-refractivity contribution in [3.05, 3.63) is 44.9 Å². The molecule has 0 aliphatic carbocycles. The Kier molecular flexibility index (Phi) is 9.24. The number of hydrogen-bond donors (Lipinski definition) is 2. The molecule has 0 spiro atoms. The highest BCUT2D eigenvalue weighted by atomic mass is 35.5. The van der Waals surface area contributed by atoms with E-state index in [1.165, 1.54) is 5.56 Å². The number of hydrogen-bond acceptors (Lipinski definition) is 8. The van der Waals surface area contributed by atoms with Gasteiger partial charge in [-0.2, -0.15) is 0 Å². The fourth-order valence-electron chi connectivity index (χ4n) is 5.32. The second-order valence-electron chi connectivity index (χ2n) is 10.2. The maximum atomic E-state index is 13.3. The highest BCUT2D eigenvalue weighted by molar-refractivity contribution is 7.17. The Morgan fingerprint density at radius 1 is 1.24 bits per heavy atom. The Morgan fingerprint density at radius 3 is 2.62 bits per heavy atom. The minimum Gasteiger partial charge on any atom is -0.462 e. The number of piperidine rings is 1. The van der Waals surface area contributed by atoms with E-state index in [0.717, 1.165) is 54.4 Å². The van der Waals surface area contributed by atoms with E-state index in [4.69, 9.17) is 16.3 Å². The molecule has 2 saturated heterocycles. The molecule has 2 aromatic rings. The third kappa shape index (κ3) is 6.52. The first-order valence-corrected chi connectivity index (χ1v) is 14.3. The summed E-state index contributed by atoms with van der Waals surface area (Å²) in [5.74, 6) is -0.578. The topological polar surface area (TPSA) is 95.0 Å². The molecule has 4 rings (SSSR count). The summed E-state index contributed by atoms with van der Waals surface area (Å²) in [6, 6.07) is 5.86. The van der Waals surface area contributed by atoms with Gasteiger partial charge in [-0.3, -0.25) is 14.6 Å². The van der Waals surface area contributed by atoms with Gasteiger partial charge >= 0.3 is 5.97 Å². The number of thiazole rings is 1. The summed E-state index contributed by atoms with van der Waals surface area (Å²) in [5.41, 5.74) is 2.95. The first-order valence-electron chi connectivity index (χ1n) is 13.1. The van der Waals surface area contributed by atoms with E-state index in [-0.39, 0.29) is 24.5 Å². The summed E-state index contributed by atoms with van der Waals surface area (Å²) in [6.45, 7) is 10.6. The zero-order valence-corrected chi connectivity index (χ0v) is 23.6. The standard InChI is InChI=1S/C27H37ClN4O4S/c1-5-36-26(35)24-23(16(2)3)29-27(37-24)30-25(34)21-8-9-22(33)32(21)19-10-12-31(13-11-19)15-18-6-7-20(28)17(4)14-18/h6-7,14,16,19,21-22,33H,5,8-13,15H2,1-4H3,(H,29,30,34)/t21-,22?/m1/s1. The van der Waals surface area contributed by atoms with Gasteiger partial charge in [-0.25, -0.2) is 9.78 Å². The average molecular weight is 549 g/mol. The van der Waals surface area contributed by atoms with Gasteiger partial charge in [0.25, 0.3) is 0 Å². The number of aliphatic hydroxyl groups is 1. The third-order valence-electron chi connectivity index (χ3n) is 7.20. The summed E-state index contributed by atoms with van der Waals surface area (Å²) in [4.78, 5) is 35.1. The van der Waals surface area contributed by atoms with E-state index in [9.17, 15) is 14.7 Å². The van der Waals surface area contributed by atoms with Crippen molar-refractivity contribution < 1.29 is 19.4 Å². The molecule has 8 nitrogen and oxygen atoms in total. The molecule has 0 saturated carbocycles. The van der Waals surface area contributed by atoms with Crippen LogP contribution in [0, 0.1) is 6.92 Å². The number of amides is 1. The van der Waals surface area contributed by atoms with E-state index in [1.54, 1.807) is 6.92 Å². The summed E-state index contributed by atoms with van der Waals surface area (Å²) in [6.07, 6.45) is 2.28. The van der Waals surface area contributed by atoms with Crippen LogP contribution >= 0.6 is 22.9 Å². The fraction of sp³-hybridized carbons (Fsp3) is 0.593. The molecule has 1 aromatic carbocycles. The van der Waals surface area contributed by atoms with Gasteiger partial charge in [0.15, 0.2) is 5.13 Å². The highest BCUT2D eigenvalue weighted by Crippen LogP contribution is 2.33. The van der Waals surface area contributed by atoms with E-state index in [2.05, 4.69) is 27.3 Å². The Hall–Kier alpha value is -2.04. The molecule has 2 atom stereocenters. The minimum absolute atomic E-state index is 0.0214. The molecule has 10 heteroatoms. The second kappa shape index (κ2) is 12.2. The van der Waals surface area contributed by atoms with Gasteiger partial charge in [0, 0.05) is 17.6 Å². The maximum absolute atomic E-state index is 13.3. The number of carbonyl (C=O) groups excluding carboxylic acids is 2. The zero-order chi connectivity index (χ0) is 26.7. The monoisotopic (exact) mass is 548 g/mol. The molecule has 2 fully saturated rings. The predicted molar refractivity (Wildman–Crippen MR) is 146 cm³/mol. The van der Waals surface area contributed by atoms with Gasteiger partial charge in [-0.05, 0) is 75.7 Å². The molecule has 37 heavy (non-hydrogen) atoms. The first kappa shape index (κ1) is 28.0. The van der Waals surface area contributed by atoms with Crippen molar-refractivity contribution >= 4 is 39.9 Å². The summed E-state index contributed by atoms with van der Waals surface area (Å²) in [5, 5.41) is 14.9. The number of esters is 1. The van der Waals surface area contributed by atoms with E-state index in [1.807, 2.05) is 31.7 Å². The van der Waals surface area contributed by atoms with Crippen molar-refractivity contribution in [1.29, 1.82) is 0 Å².